The number of H-pyrrole nitrogens is 1. The lowest BCUT2D eigenvalue weighted by Crippen LogP contribution is -2.36. The Morgan fingerprint density at radius 1 is 1.41 bits per heavy atom. The number of hydrogen-bond donors (Lipinski definition) is 1. The molecule has 2 heterocycles. The maximum Gasteiger partial charge on any atom is 0.274 e. The smallest absolute Gasteiger partial charge is 0.274 e. The van der Waals surface area contributed by atoms with Crippen LogP contribution in [0, 0.1) is 5.92 Å². The molecule has 0 bridgehead atoms. The van der Waals surface area contributed by atoms with Gasteiger partial charge in [-0.3, -0.25) is 9.89 Å². The molecule has 1 aliphatic carbocycles. The second-order valence-corrected chi connectivity index (χ2v) is 5.39. The molecule has 2 aliphatic rings. The third-order valence-corrected chi connectivity index (χ3v) is 4.41. The molecule has 2 atom stereocenters. The molecule has 17 heavy (non-hydrogen) atoms. The van der Waals surface area contributed by atoms with Crippen molar-refractivity contribution in [2.24, 2.45) is 5.92 Å². The van der Waals surface area contributed by atoms with Crippen LogP contribution in [-0.4, -0.2) is 33.6 Å². The fourth-order valence-electron chi connectivity index (χ4n) is 3.01. The summed E-state index contributed by atoms with van der Waals surface area (Å²) in [5.41, 5.74) is 3.02. The number of carbonyl (C=O) groups excluding carboxylic acids is 1. The Morgan fingerprint density at radius 2 is 2.24 bits per heavy atom. The number of fused-ring (bicyclic) bond motifs is 1. The molecule has 92 valence electrons. The van der Waals surface area contributed by atoms with E-state index in [9.17, 15) is 4.79 Å². The molecule has 0 aromatic carbocycles. The first-order valence-electron chi connectivity index (χ1n) is 6.55. The molecule has 0 spiro atoms. The Hall–Kier alpha value is -1.32. The van der Waals surface area contributed by atoms with E-state index in [-0.39, 0.29) is 5.91 Å². The molecule has 0 saturated carbocycles. The topological polar surface area (TPSA) is 49.0 Å². The second-order valence-electron chi connectivity index (χ2n) is 5.39. The summed E-state index contributed by atoms with van der Waals surface area (Å²) in [6, 6.07) is 0.344. The number of amides is 1. The standard InChI is InChI=1S/C13H19N3O/c1-8-6-7-16(9(8)2)13(17)12-10-4-3-5-11(10)14-15-12/h8-9H,3-7H2,1-2H3,(H,14,15). The maximum atomic E-state index is 12.5. The van der Waals surface area contributed by atoms with Crippen molar-refractivity contribution in [2.45, 2.75) is 45.6 Å². The highest BCUT2D eigenvalue weighted by molar-refractivity contribution is 5.94. The number of hydrogen-bond acceptors (Lipinski definition) is 2. The highest BCUT2D eigenvalue weighted by Crippen LogP contribution is 2.28. The van der Waals surface area contributed by atoms with Crippen LogP contribution in [0.3, 0.4) is 0 Å². The van der Waals surface area contributed by atoms with Gasteiger partial charge in [-0.25, -0.2) is 0 Å². The third kappa shape index (κ3) is 1.58. The number of rotatable bonds is 1. The quantitative estimate of drug-likeness (QED) is 0.803. The van der Waals surface area contributed by atoms with E-state index >= 15 is 0 Å². The SMILES string of the molecule is CC1CCN(C(=O)c2n[nH]c3c2CCC3)C1C. The lowest BCUT2D eigenvalue weighted by atomic mass is 10.1. The predicted molar refractivity (Wildman–Crippen MR) is 64.9 cm³/mol. The van der Waals surface area contributed by atoms with E-state index in [1.807, 2.05) is 4.90 Å². The highest BCUT2D eigenvalue weighted by Gasteiger charge is 2.34. The van der Waals surface area contributed by atoms with E-state index in [2.05, 4.69) is 24.0 Å². The molecule has 4 heteroatoms. The fourth-order valence-corrected chi connectivity index (χ4v) is 3.01. The van der Waals surface area contributed by atoms with Gasteiger partial charge in [-0.1, -0.05) is 6.92 Å². The van der Waals surface area contributed by atoms with Gasteiger partial charge >= 0.3 is 0 Å². The molecule has 1 aromatic rings. The Labute approximate surface area is 101 Å². The summed E-state index contributed by atoms with van der Waals surface area (Å²) in [5.74, 6) is 0.729. The minimum atomic E-state index is 0.126. The van der Waals surface area contributed by atoms with Crippen LogP contribution in [0.1, 0.15) is 48.4 Å². The van der Waals surface area contributed by atoms with E-state index < -0.39 is 0 Å². The Morgan fingerprint density at radius 3 is 2.94 bits per heavy atom. The molecule has 4 nitrogen and oxygen atoms in total. The van der Waals surface area contributed by atoms with Crippen molar-refractivity contribution in [1.82, 2.24) is 15.1 Å². The number of nitrogens with zero attached hydrogens (tertiary/aromatic N) is 2. The average molecular weight is 233 g/mol. The van der Waals surface area contributed by atoms with Gasteiger partial charge in [0, 0.05) is 23.8 Å². The summed E-state index contributed by atoms with van der Waals surface area (Å²) in [7, 11) is 0. The summed E-state index contributed by atoms with van der Waals surface area (Å²) >= 11 is 0. The van der Waals surface area contributed by atoms with E-state index in [0.29, 0.717) is 17.7 Å². The average Bonchev–Trinajstić information content (AvgIpc) is 2.95. The second kappa shape index (κ2) is 3.86. The van der Waals surface area contributed by atoms with Crippen LogP contribution in [0.5, 0.6) is 0 Å². The summed E-state index contributed by atoms with van der Waals surface area (Å²) in [5, 5.41) is 7.24. The van der Waals surface area contributed by atoms with Crippen molar-refractivity contribution in [2.75, 3.05) is 6.54 Å². The summed E-state index contributed by atoms with van der Waals surface area (Å²) in [6.07, 6.45) is 4.31. The Kier molecular flexibility index (Phi) is 2.45. The van der Waals surface area contributed by atoms with Gasteiger partial charge in [0.1, 0.15) is 0 Å². The van der Waals surface area contributed by atoms with Crippen LogP contribution in [0.4, 0.5) is 0 Å². The van der Waals surface area contributed by atoms with Crippen molar-refractivity contribution in [3.05, 3.63) is 17.0 Å². The maximum absolute atomic E-state index is 12.5. The van der Waals surface area contributed by atoms with Gasteiger partial charge in [0.2, 0.25) is 0 Å². The van der Waals surface area contributed by atoms with Crippen LogP contribution in [-0.2, 0) is 12.8 Å². The normalized spacial score (nSPS) is 27.5. The van der Waals surface area contributed by atoms with Gasteiger partial charge < -0.3 is 4.90 Å². The monoisotopic (exact) mass is 233 g/mol. The number of aromatic nitrogens is 2. The number of carbonyl (C=O) groups is 1. The molecule has 3 rings (SSSR count). The van der Waals surface area contributed by atoms with Crippen molar-refractivity contribution >= 4 is 5.91 Å². The Bertz CT molecular complexity index is 452. The zero-order chi connectivity index (χ0) is 12.0. The van der Waals surface area contributed by atoms with Crippen LogP contribution in [0.15, 0.2) is 0 Å². The van der Waals surface area contributed by atoms with Gasteiger partial charge in [-0.05, 0) is 38.5 Å². The highest BCUT2D eigenvalue weighted by atomic mass is 16.2. The first kappa shape index (κ1) is 10.8. The molecular formula is C13H19N3O. The summed E-state index contributed by atoms with van der Waals surface area (Å²) in [6.45, 7) is 5.23. The summed E-state index contributed by atoms with van der Waals surface area (Å²) < 4.78 is 0. The minimum Gasteiger partial charge on any atom is -0.334 e. The molecule has 1 aromatic heterocycles. The van der Waals surface area contributed by atoms with Gasteiger partial charge in [0.05, 0.1) is 0 Å². The zero-order valence-corrected chi connectivity index (χ0v) is 10.5. The van der Waals surface area contributed by atoms with E-state index in [1.54, 1.807) is 0 Å². The zero-order valence-electron chi connectivity index (χ0n) is 10.5. The van der Waals surface area contributed by atoms with Gasteiger partial charge in [0.25, 0.3) is 5.91 Å². The van der Waals surface area contributed by atoms with Crippen molar-refractivity contribution in [3.8, 4) is 0 Å². The largest absolute Gasteiger partial charge is 0.334 e. The van der Waals surface area contributed by atoms with Crippen LogP contribution in [0.2, 0.25) is 0 Å². The first-order valence-corrected chi connectivity index (χ1v) is 6.55. The van der Waals surface area contributed by atoms with Gasteiger partial charge in [-0.15, -0.1) is 0 Å². The molecule has 1 N–H and O–H groups in total. The molecular weight excluding hydrogens is 214 g/mol. The number of aromatic amines is 1. The van der Waals surface area contributed by atoms with Crippen LogP contribution in [0.25, 0.3) is 0 Å². The fraction of sp³-hybridized carbons (Fsp3) is 0.692. The molecule has 1 amide bonds. The number of aryl methyl sites for hydroxylation is 1. The lowest BCUT2D eigenvalue weighted by molar-refractivity contribution is 0.0728. The third-order valence-electron chi connectivity index (χ3n) is 4.41. The van der Waals surface area contributed by atoms with Crippen molar-refractivity contribution < 1.29 is 4.79 Å². The molecule has 1 fully saturated rings. The van der Waals surface area contributed by atoms with E-state index in [0.717, 1.165) is 32.2 Å². The first-order chi connectivity index (χ1) is 8.18. The molecule has 0 radical (unpaired) electrons. The predicted octanol–water partition coefficient (Wildman–Crippen LogP) is 1.77. The van der Waals surface area contributed by atoms with Gasteiger partial charge in [-0.2, -0.15) is 5.10 Å². The molecule has 1 aliphatic heterocycles. The van der Waals surface area contributed by atoms with E-state index in [4.69, 9.17) is 0 Å². The number of likely N-dealkylation sites (tertiary alicyclic amines) is 1. The van der Waals surface area contributed by atoms with Crippen LogP contribution < -0.4 is 0 Å². The van der Waals surface area contributed by atoms with Crippen molar-refractivity contribution in [1.29, 1.82) is 0 Å². The molecule has 2 unspecified atom stereocenters. The van der Waals surface area contributed by atoms with Crippen LogP contribution >= 0.6 is 0 Å². The van der Waals surface area contributed by atoms with Gasteiger partial charge in [0.15, 0.2) is 5.69 Å². The summed E-state index contributed by atoms with van der Waals surface area (Å²) in [4.78, 5) is 14.5. The molecule has 1 saturated heterocycles. The minimum absolute atomic E-state index is 0.126. The van der Waals surface area contributed by atoms with E-state index in [1.165, 1.54) is 11.3 Å². The van der Waals surface area contributed by atoms with Crippen molar-refractivity contribution in [3.63, 3.8) is 0 Å². The lowest BCUT2D eigenvalue weighted by Gasteiger charge is -2.22. The Balaban J connectivity index is 1.87. The number of nitrogens with one attached hydrogen (secondary N) is 1.